The van der Waals surface area contributed by atoms with Gasteiger partial charge in [0.25, 0.3) is 0 Å². The second kappa shape index (κ2) is 6.21. The number of carbonyl (C=O) groups excluding carboxylic acids is 2. The minimum absolute atomic E-state index is 0.144. The van der Waals surface area contributed by atoms with Crippen molar-refractivity contribution in [2.24, 2.45) is 5.92 Å². The lowest BCUT2D eigenvalue weighted by molar-refractivity contribution is -0.121. The monoisotopic (exact) mass is 255 g/mol. The van der Waals surface area contributed by atoms with Crippen LogP contribution in [0.3, 0.4) is 0 Å². The van der Waals surface area contributed by atoms with Gasteiger partial charge in [-0.3, -0.25) is 4.79 Å². The van der Waals surface area contributed by atoms with E-state index in [1.807, 2.05) is 27.7 Å². The highest BCUT2D eigenvalue weighted by Gasteiger charge is 2.29. The quantitative estimate of drug-likeness (QED) is 0.793. The molecule has 0 spiro atoms. The molecule has 1 rings (SSSR count). The van der Waals surface area contributed by atoms with E-state index in [-0.39, 0.29) is 11.8 Å². The number of nitrogens with one attached hydrogen (secondary N) is 1. The number of Topliss-reactive ketones (excluding diaryl/α,β-unsaturated/α-hetero) is 1. The minimum atomic E-state index is -0.527. The average Bonchev–Trinajstić information content (AvgIpc) is 2.98. The van der Waals surface area contributed by atoms with E-state index >= 15 is 0 Å². The van der Waals surface area contributed by atoms with Crippen molar-refractivity contribution in [2.45, 2.75) is 71.4 Å². The molecule has 0 saturated heterocycles. The first-order valence-corrected chi connectivity index (χ1v) is 6.84. The van der Waals surface area contributed by atoms with Crippen LogP contribution in [0, 0.1) is 5.92 Å². The minimum Gasteiger partial charge on any atom is -0.444 e. The second-order valence-electron chi connectivity index (χ2n) is 6.10. The maximum atomic E-state index is 12.0. The van der Waals surface area contributed by atoms with Crippen LogP contribution in [0.5, 0.6) is 0 Å². The smallest absolute Gasteiger partial charge is 0.408 e. The zero-order valence-electron chi connectivity index (χ0n) is 11.9. The molecule has 18 heavy (non-hydrogen) atoms. The van der Waals surface area contributed by atoms with Crippen LogP contribution in [-0.2, 0) is 9.53 Å². The fourth-order valence-electron chi connectivity index (χ4n) is 1.80. The van der Waals surface area contributed by atoms with Crippen LogP contribution in [0.15, 0.2) is 0 Å². The first-order valence-electron chi connectivity index (χ1n) is 6.84. The van der Waals surface area contributed by atoms with E-state index in [1.165, 1.54) is 0 Å². The Hall–Kier alpha value is -1.06. The van der Waals surface area contributed by atoms with E-state index < -0.39 is 11.7 Å². The van der Waals surface area contributed by atoms with E-state index in [9.17, 15) is 9.59 Å². The van der Waals surface area contributed by atoms with Gasteiger partial charge in [-0.05, 0) is 46.0 Å². The lowest BCUT2D eigenvalue weighted by atomic mass is 10.0. The van der Waals surface area contributed by atoms with Crippen LogP contribution >= 0.6 is 0 Å². The molecule has 1 N–H and O–H groups in total. The third-order valence-electron chi connectivity index (χ3n) is 2.84. The van der Waals surface area contributed by atoms with Crippen molar-refractivity contribution in [1.82, 2.24) is 5.32 Å². The molecular formula is C14H25NO3. The zero-order valence-corrected chi connectivity index (χ0v) is 11.9. The van der Waals surface area contributed by atoms with E-state index in [0.29, 0.717) is 18.8 Å². The number of ketones is 1. The molecule has 104 valence electrons. The van der Waals surface area contributed by atoms with Crippen LogP contribution < -0.4 is 5.32 Å². The van der Waals surface area contributed by atoms with Crippen LogP contribution in [0.4, 0.5) is 4.79 Å². The molecule has 0 bridgehead atoms. The second-order valence-corrected chi connectivity index (χ2v) is 6.10. The summed E-state index contributed by atoms with van der Waals surface area (Å²) in [5.74, 6) is 0.697. The molecule has 0 unspecified atom stereocenters. The molecule has 0 aromatic rings. The maximum absolute atomic E-state index is 12.0. The third kappa shape index (κ3) is 6.03. The SMILES string of the molecule is CCC[C@H](NC(=O)OC(C)(C)C)C(=O)CC1CC1. The molecule has 1 amide bonds. The van der Waals surface area contributed by atoms with Crippen LogP contribution in [0.2, 0.25) is 0 Å². The molecule has 4 heteroatoms. The molecule has 1 atom stereocenters. The molecule has 4 nitrogen and oxygen atoms in total. The highest BCUT2D eigenvalue weighted by Crippen LogP contribution is 2.33. The van der Waals surface area contributed by atoms with E-state index in [0.717, 1.165) is 19.3 Å². The Balaban J connectivity index is 2.45. The van der Waals surface area contributed by atoms with Crippen molar-refractivity contribution in [1.29, 1.82) is 0 Å². The van der Waals surface area contributed by atoms with Gasteiger partial charge in [0.05, 0.1) is 6.04 Å². The largest absolute Gasteiger partial charge is 0.444 e. The standard InChI is InChI=1S/C14H25NO3/c1-5-6-11(12(16)9-10-7-8-10)15-13(17)18-14(2,3)4/h10-11H,5-9H2,1-4H3,(H,15,17)/t11-/m0/s1. The molecule has 0 aliphatic heterocycles. The first-order chi connectivity index (χ1) is 8.31. The molecule has 0 aromatic carbocycles. The molecule has 1 aliphatic rings. The molecule has 1 fully saturated rings. The van der Waals surface area contributed by atoms with Crippen molar-refractivity contribution in [3.05, 3.63) is 0 Å². The zero-order chi connectivity index (χ0) is 13.8. The molecule has 0 radical (unpaired) electrons. The number of alkyl carbamates (subject to hydrolysis) is 1. The number of amides is 1. The highest BCUT2D eigenvalue weighted by molar-refractivity contribution is 5.87. The summed E-state index contributed by atoms with van der Waals surface area (Å²) in [6.45, 7) is 7.45. The lowest BCUT2D eigenvalue weighted by Gasteiger charge is -2.23. The Morgan fingerprint density at radius 1 is 1.33 bits per heavy atom. The van der Waals surface area contributed by atoms with Crippen LogP contribution in [0.25, 0.3) is 0 Å². The van der Waals surface area contributed by atoms with Gasteiger partial charge in [-0.15, -0.1) is 0 Å². The summed E-state index contributed by atoms with van der Waals surface area (Å²) < 4.78 is 5.18. The summed E-state index contributed by atoms with van der Waals surface area (Å²) in [6, 6.07) is -0.384. The van der Waals surface area contributed by atoms with Crippen LogP contribution in [-0.4, -0.2) is 23.5 Å². The number of hydrogen-bond acceptors (Lipinski definition) is 3. The van der Waals surface area contributed by atoms with Gasteiger partial charge in [-0.1, -0.05) is 13.3 Å². The fraction of sp³-hybridized carbons (Fsp3) is 0.857. The van der Waals surface area contributed by atoms with Crippen molar-refractivity contribution in [2.75, 3.05) is 0 Å². The van der Waals surface area contributed by atoms with Crippen molar-refractivity contribution >= 4 is 11.9 Å². The summed E-state index contributed by atoms with van der Waals surface area (Å²) in [6.07, 6.45) is 3.96. The van der Waals surface area contributed by atoms with Gasteiger partial charge in [0.2, 0.25) is 0 Å². The van der Waals surface area contributed by atoms with Gasteiger partial charge in [-0.2, -0.15) is 0 Å². The summed E-state index contributed by atoms with van der Waals surface area (Å²) in [7, 11) is 0. The highest BCUT2D eigenvalue weighted by atomic mass is 16.6. The maximum Gasteiger partial charge on any atom is 0.408 e. The van der Waals surface area contributed by atoms with Crippen molar-refractivity contribution in [3.8, 4) is 0 Å². The van der Waals surface area contributed by atoms with Crippen LogP contribution in [0.1, 0.15) is 59.8 Å². The normalized spacial score (nSPS) is 17.1. The Labute approximate surface area is 109 Å². The molecular weight excluding hydrogens is 230 g/mol. The van der Waals surface area contributed by atoms with Gasteiger partial charge in [-0.25, -0.2) is 4.79 Å². The Bertz CT molecular complexity index is 303. The van der Waals surface area contributed by atoms with Gasteiger partial charge >= 0.3 is 6.09 Å². The first kappa shape index (κ1) is 15.0. The fourth-order valence-corrected chi connectivity index (χ4v) is 1.80. The Morgan fingerprint density at radius 2 is 1.94 bits per heavy atom. The topological polar surface area (TPSA) is 55.4 Å². The van der Waals surface area contributed by atoms with E-state index in [2.05, 4.69) is 5.32 Å². The Morgan fingerprint density at radius 3 is 2.39 bits per heavy atom. The van der Waals surface area contributed by atoms with Gasteiger partial charge in [0.15, 0.2) is 5.78 Å². The molecule has 0 aromatic heterocycles. The predicted octanol–water partition coefficient (Wildman–Crippen LogP) is 3.05. The molecule has 1 saturated carbocycles. The molecule has 1 aliphatic carbocycles. The number of carbonyl (C=O) groups is 2. The molecule has 0 heterocycles. The lowest BCUT2D eigenvalue weighted by Crippen LogP contribution is -2.43. The van der Waals surface area contributed by atoms with Gasteiger partial charge in [0.1, 0.15) is 5.60 Å². The van der Waals surface area contributed by atoms with Gasteiger partial charge < -0.3 is 10.1 Å². The summed E-state index contributed by atoms with van der Waals surface area (Å²) in [5, 5.41) is 2.70. The summed E-state index contributed by atoms with van der Waals surface area (Å²) in [4.78, 5) is 23.7. The number of hydrogen-bond donors (Lipinski definition) is 1. The number of rotatable bonds is 6. The van der Waals surface area contributed by atoms with Crippen molar-refractivity contribution in [3.63, 3.8) is 0 Å². The van der Waals surface area contributed by atoms with Gasteiger partial charge in [0, 0.05) is 6.42 Å². The van der Waals surface area contributed by atoms with E-state index in [1.54, 1.807) is 0 Å². The average molecular weight is 255 g/mol. The Kier molecular flexibility index (Phi) is 5.17. The third-order valence-corrected chi connectivity index (χ3v) is 2.84. The summed E-state index contributed by atoms with van der Waals surface area (Å²) >= 11 is 0. The summed E-state index contributed by atoms with van der Waals surface area (Å²) in [5.41, 5.74) is -0.527. The predicted molar refractivity (Wildman–Crippen MR) is 70.4 cm³/mol. The van der Waals surface area contributed by atoms with Crippen molar-refractivity contribution < 1.29 is 14.3 Å². The number of ether oxygens (including phenoxy) is 1. The van der Waals surface area contributed by atoms with E-state index in [4.69, 9.17) is 4.74 Å².